The average Bonchev–Trinajstić information content (AvgIpc) is 3.69. The highest BCUT2D eigenvalue weighted by Gasteiger charge is 2.74. The summed E-state index contributed by atoms with van der Waals surface area (Å²) in [6, 6.07) is 12.7. The lowest BCUT2D eigenvalue weighted by atomic mass is 9.32. The van der Waals surface area contributed by atoms with Crippen molar-refractivity contribution < 1.29 is 15.0 Å². The Morgan fingerprint density at radius 1 is 1.02 bits per heavy atom. The van der Waals surface area contributed by atoms with E-state index in [1.807, 2.05) is 6.07 Å². The molecule has 6 aliphatic carbocycles. The van der Waals surface area contributed by atoms with Gasteiger partial charge < -0.3 is 15.2 Å². The minimum absolute atomic E-state index is 0.00292. The van der Waals surface area contributed by atoms with E-state index in [1.54, 1.807) is 11.3 Å². The van der Waals surface area contributed by atoms with Gasteiger partial charge in [-0.1, -0.05) is 50.3 Å². The average molecular weight is 623 g/mol. The molecule has 3 aromatic rings. The number of ketones is 1. The van der Waals surface area contributed by atoms with Crippen molar-refractivity contribution in [3.8, 4) is 0 Å². The second-order valence-electron chi connectivity index (χ2n) is 16.1. The van der Waals surface area contributed by atoms with Crippen molar-refractivity contribution in [1.82, 2.24) is 9.88 Å². The van der Waals surface area contributed by atoms with E-state index < -0.39 is 11.0 Å². The summed E-state index contributed by atoms with van der Waals surface area (Å²) in [5.74, 6) is 0.694. The van der Waals surface area contributed by atoms with Crippen LogP contribution in [0.2, 0.25) is 0 Å². The lowest BCUT2D eigenvalue weighted by Gasteiger charge is -2.71. The molecule has 1 aliphatic heterocycles. The number of aromatic nitrogens is 1. The van der Waals surface area contributed by atoms with Crippen molar-refractivity contribution in [2.24, 2.45) is 33.5 Å². The molecule has 2 spiro atoms. The quantitative estimate of drug-likeness (QED) is 0.210. The molecule has 45 heavy (non-hydrogen) atoms. The first-order valence-electron chi connectivity index (χ1n) is 17.3. The summed E-state index contributed by atoms with van der Waals surface area (Å²) in [5, 5.41) is 25.1. The van der Waals surface area contributed by atoms with E-state index in [1.165, 1.54) is 22.2 Å². The highest BCUT2D eigenvalue weighted by atomic mass is 32.1. The van der Waals surface area contributed by atoms with E-state index in [0.29, 0.717) is 18.9 Å². The molecule has 10 rings (SSSR count). The van der Waals surface area contributed by atoms with E-state index in [4.69, 9.17) is 0 Å². The highest BCUT2D eigenvalue weighted by molar-refractivity contribution is 7.14. The number of para-hydroxylation sites is 1. The third kappa shape index (κ3) is 3.58. The number of aryl methyl sites for hydroxylation is 1. The first-order chi connectivity index (χ1) is 21.5. The fourth-order valence-electron chi connectivity index (χ4n) is 12.0. The van der Waals surface area contributed by atoms with Crippen molar-refractivity contribution in [3.05, 3.63) is 81.2 Å². The summed E-state index contributed by atoms with van der Waals surface area (Å²) in [6.45, 7) is 9.36. The number of nitrogens with one attached hydrogen (secondary N) is 1. The van der Waals surface area contributed by atoms with Gasteiger partial charge in [0, 0.05) is 62.9 Å². The number of carbonyl (C=O) groups excluding carboxylic acids is 1. The Balaban J connectivity index is 1.10. The van der Waals surface area contributed by atoms with Crippen LogP contribution in [-0.4, -0.2) is 50.7 Å². The third-order valence-corrected chi connectivity index (χ3v) is 15.4. The molecule has 0 radical (unpaired) electrons. The Morgan fingerprint density at radius 2 is 1.80 bits per heavy atom. The first kappa shape index (κ1) is 28.7. The van der Waals surface area contributed by atoms with E-state index in [-0.39, 0.29) is 34.1 Å². The zero-order valence-corrected chi connectivity index (χ0v) is 27.7. The molecule has 3 saturated carbocycles. The van der Waals surface area contributed by atoms with Gasteiger partial charge in [-0.05, 0) is 99.3 Å². The van der Waals surface area contributed by atoms with Gasteiger partial charge in [-0.25, -0.2) is 0 Å². The number of hydrogen-bond donors (Lipinski definition) is 3. The van der Waals surface area contributed by atoms with Gasteiger partial charge in [0.2, 0.25) is 0 Å². The van der Waals surface area contributed by atoms with Crippen LogP contribution in [-0.2, 0) is 13.0 Å². The van der Waals surface area contributed by atoms with Gasteiger partial charge in [0.25, 0.3) is 0 Å². The van der Waals surface area contributed by atoms with Crippen LogP contribution >= 0.6 is 11.3 Å². The lowest BCUT2D eigenvalue weighted by molar-refractivity contribution is -0.176. The molecule has 1 aromatic carbocycles. The third-order valence-electron chi connectivity index (χ3n) is 14.4. The molecule has 8 atom stereocenters. The number of β-amino-alcohol motifs (C(OH)–C–C–N with tert-alkyl or cyclic N) is 1. The molecule has 2 aromatic heterocycles. The van der Waals surface area contributed by atoms with Crippen molar-refractivity contribution in [2.75, 3.05) is 13.1 Å². The monoisotopic (exact) mass is 622 g/mol. The standard InChI is InChI=1S/C39H46N2O3S/c1-24-8-9-31(45-24)34(43)28-21-37-17-18-39(28)32(35(37,2)14-10-25(42)20-37)11-15-36(3)33(39)12-16-38(36,44)23-41-19-13-27-26-6-4-5-7-29(26)40-30(27)22-41/h4-9,17-18,21,25,32-33,40,42,44H,10-16,19-20,22-23H2,1-3H3. The number of carbonyl (C=O) groups is 1. The molecule has 2 bridgehead atoms. The van der Waals surface area contributed by atoms with Crippen molar-refractivity contribution in [2.45, 2.75) is 90.4 Å². The summed E-state index contributed by atoms with van der Waals surface area (Å²) in [5.41, 5.74) is 3.09. The summed E-state index contributed by atoms with van der Waals surface area (Å²) in [7, 11) is 0. The van der Waals surface area contributed by atoms with Crippen LogP contribution in [0.5, 0.6) is 0 Å². The zero-order valence-electron chi connectivity index (χ0n) is 26.9. The van der Waals surface area contributed by atoms with E-state index in [2.05, 4.69) is 79.2 Å². The van der Waals surface area contributed by atoms with Crippen molar-refractivity contribution in [1.29, 1.82) is 0 Å². The van der Waals surface area contributed by atoms with Crippen LogP contribution in [0.4, 0.5) is 0 Å². The Kier molecular flexibility index (Phi) is 5.93. The van der Waals surface area contributed by atoms with Crippen LogP contribution in [0, 0.1) is 40.4 Å². The maximum absolute atomic E-state index is 14.6. The minimum atomic E-state index is -0.821. The van der Waals surface area contributed by atoms with Gasteiger partial charge in [0.1, 0.15) is 0 Å². The number of Topliss-reactive ketones (excluding diaryl/α,β-unsaturated/α-hetero) is 1. The molecular formula is C39H46N2O3S. The largest absolute Gasteiger partial charge is 0.393 e. The first-order valence-corrected chi connectivity index (χ1v) is 18.1. The van der Waals surface area contributed by atoms with Gasteiger partial charge >= 0.3 is 0 Å². The number of benzene rings is 1. The normalized spacial score (nSPS) is 41.8. The molecule has 236 valence electrons. The van der Waals surface area contributed by atoms with E-state index in [9.17, 15) is 15.0 Å². The van der Waals surface area contributed by atoms with Gasteiger partial charge in [0.15, 0.2) is 5.78 Å². The molecule has 8 unspecified atom stereocenters. The maximum Gasteiger partial charge on any atom is 0.199 e. The molecule has 5 nitrogen and oxygen atoms in total. The fraction of sp³-hybridized carbons (Fsp3) is 0.564. The minimum Gasteiger partial charge on any atom is -0.393 e. The molecule has 3 fully saturated rings. The van der Waals surface area contributed by atoms with E-state index in [0.717, 1.165) is 73.4 Å². The molecule has 3 N–H and O–H groups in total. The second kappa shape index (κ2) is 9.31. The Hall–Kier alpha value is -2.51. The lowest BCUT2D eigenvalue weighted by Crippen LogP contribution is -2.67. The second-order valence-corrected chi connectivity index (χ2v) is 17.4. The predicted molar refractivity (Wildman–Crippen MR) is 179 cm³/mol. The summed E-state index contributed by atoms with van der Waals surface area (Å²) >= 11 is 1.60. The smallest absolute Gasteiger partial charge is 0.199 e. The van der Waals surface area contributed by atoms with Crippen LogP contribution < -0.4 is 0 Å². The van der Waals surface area contributed by atoms with E-state index >= 15 is 0 Å². The van der Waals surface area contributed by atoms with Crippen LogP contribution in [0.1, 0.15) is 84.6 Å². The fourth-order valence-corrected chi connectivity index (χ4v) is 12.9. The molecule has 0 amide bonds. The number of hydrogen-bond acceptors (Lipinski definition) is 5. The molecule has 7 aliphatic rings. The Morgan fingerprint density at radius 3 is 2.62 bits per heavy atom. The highest BCUT2D eigenvalue weighted by Crippen LogP contribution is 2.78. The number of fused-ring (bicyclic) bond motifs is 4. The summed E-state index contributed by atoms with van der Waals surface area (Å²) in [6.07, 6.45) is 14.1. The van der Waals surface area contributed by atoms with Crippen LogP contribution in [0.25, 0.3) is 10.9 Å². The summed E-state index contributed by atoms with van der Waals surface area (Å²) < 4.78 is 0. The topological polar surface area (TPSA) is 76.6 Å². The van der Waals surface area contributed by atoms with Gasteiger partial charge in [-0.15, -0.1) is 11.3 Å². The number of thiophene rings is 1. The Bertz CT molecular complexity index is 1800. The number of allylic oxidation sites excluding steroid dienone is 4. The number of H-pyrrole nitrogens is 1. The zero-order chi connectivity index (χ0) is 31.0. The van der Waals surface area contributed by atoms with Gasteiger partial charge in [-0.2, -0.15) is 0 Å². The predicted octanol–water partition coefficient (Wildman–Crippen LogP) is 7.37. The number of aliphatic hydroxyl groups is 2. The maximum atomic E-state index is 14.6. The van der Waals surface area contributed by atoms with Gasteiger partial charge in [0.05, 0.1) is 16.6 Å². The number of rotatable bonds is 4. The van der Waals surface area contributed by atoms with Crippen molar-refractivity contribution in [3.63, 3.8) is 0 Å². The number of aliphatic hydroxyl groups excluding tert-OH is 1. The molecular weight excluding hydrogens is 577 g/mol. The van der Waals surface area contributed by atoms with Crippen LogP contribution in [0.3, 0.4) is 0 Å². The number of aromatic amines is 1. The Labute approximate surface area is 270 Å². The molecule has 6 heteroatoms. The molecule has 0 saturated heterocycles. The number of nitrogens with zero attached hydrogens (tertiary/aromatic N) is 1. The summed E-state index contributed by atoms with van der Waals surface area (Å²) in [4.78, 5) is 22.8. The SMILES string of the molecule is Cc1ccc(C(=O)C2=CC34C=CC25C(CCC2(C)C5CCC2(O)CN2CCc5c([nH]c6ccccc56)C2)C3(C)CCC(O)C4)s1. The van der Waals surface area contributed by atoms with Crippen LogP contribution in [0.15, 0.2) is 60.2 Å². The molecule has 3 heterocycles. The van der Waals surface area contributed by atoms with Crippen molar-refractivity contribution >= 4 is 28.0 Å². The van der Waals surface area contributed by atoms with Gasteiger partial charge in [-0.3, -0.25) is 9.69 Å².